The third kappa shape index (κ3) is 3.09. The van der Waals surface area contributed by atoms with Gasteiger partial charge in [0.05, 0.1) is 0 Å². The summed E-state index contributed by atoms with van der Waals surface area (Å²) in [6.45, 7) is 1.41. The second-order valence-corrected chi connectivity index (χ2v) is 3.36. The molecule has 1 rings (SSSR count). The molecule has 4 heteroatoms. The molecular weight excluding hydrogens is 196 g/mol. The Morgan fingerprint density at radius 2 is 2.13 bits per heavy atom. The maximum Gasteiger partial charge on any atom is 0.327 e. The lowest BCUT2D eigenvalue weighted by atomic mass is 9.85. The molecule has 0 heterocycles. The van der Waals surface area contributed by atoms with Crippen LogP contribution in [0.3, 0.4) is 0 Å². The van der Waals surface area contributed by atoms with E-state index in [1.165, 1.54) is 25.2 Å². The predicted molar refractivity (Wildman–Crippen MR) is 54.3 cm³/mol. The number of aliphatic hydroxyl groups is 1. The fourth-order valence-electron chi connectivity index (χ4n) is 1.45. The van der Waals surface area contributed by atoms with Crippen molar-refractivity contribution < 1.29 is 19.8 Å². The molecule has 15 heavy (non-hydrogen) atoms. The summed E-state index contributed by atoms with van der Waals surface area (Å²) in [6.07, 6.45) is 6.94. The molecule has 2 unspecified atom stereocenters. The van der Waals surface area contributed by atoms with E-state index in [2.05, 4.69) is 0 Å². The van der Waals surface area contributed by atoms with Crippen molar-refractivity contribution in [2.75, 3.05) is 0 Å². The summed E-state index contributed by atoms with van der Waals surface area (Å²) >= 11 is 0. The van der Waals surface area contributed by atoms with Gasteiger partial charge < -0.3 is 10.2 Å². The molecule has 0 amide bonds. The Bertz CT molecular complexity index is 363. The summed E-state index contributed by atoms with van der Waals surface area (Å²) in [4.78, 5) is 21.6. The third-order valence-electron chi connectivity index (χ3n) is 2.18. The van der Waals surface area contributed by atoms with Crippen LogP contribution in [0.2, 0.25) is 0 Å². The number of rotatable bonds is 3. The first-order chi connectivity index (χ1) is 7.00. The van der Waals surface area contributed by atoms with Gasteiger partial charge in [-0.3, -0.25) is 4.79 Å². The van der Waals surface area contributed by atoms with Crippen LogP contribution in [0.15, 0.2) is 36.1 Å². The van der Waals surface area contributed by atoms with E-state index in [0.29, 0.717) is 0 Å². The van der Waals surface area contributed by atoms with Crippen LogP contribution < -0.4 is 0 Å². The van der Waals surface area contributed by atoms with E-state index in [9.17, 15) is 14.7 Å². The van der Waals surface area contributed by atoms with Crippen LogP contribution in [0.25, 0.3) is 0 Å². The molecule has 0 radical (unpaired) electrons. The molecule has 0 saturated carbocycles. The van der Waals surface area contributed by atoms with Gasteiger partial charge in [-0.05, 0) is 19.1 Å². The van der Waals surface area contributed by atoms with Gasteiger partial charge in [0.1, 0.15) is 11.5 Å². The smallest absolute Gasteiger partial charge is 0.327 e. The number of carbonyl (C=O) groups excluding carboxylic acids is 1. The summed E-state index contributed by atoms with van der Waals surface area (Å²) in [5.74, 6) is -1.90. The number of ketones is 1. The average Bonchev–Trinajstić information content (AvgIpc) is 2.15. The van der Waals surface area contributed by atoms with Crippen molar-refractivity contribution >= 4 is 11.8 Å². The molecule has 2 N–H and O–H groups in total. The molecular formula is C11H12O4. The second-order valence-electron chi connectivity index (χ2n) is 3.36. The van der Waals surface area contributed by atoms with Gasteiger partial charge in [-0.25, -0.2) is 4.79 Å². The fraction of sp³-hybridized carbons (Fsp3) is 0.273. The maximum absolute atomic E-state index is 11.2. The zero-order valence-electron chi connectivity index (χ0n) is 8.25. The van der Waals surface area contributed by atoms with E-state index in [4.69, 9.17) is 5.11 Å². The van der Waals surface area contributed by atoms with E-state index in [1.54, 1.807) is 6.08 Å². The van der Waals surface area contributed by atoms with Crippen molar-refractivity contribution in [2.24, 2.45) is 11.8 Å². The Labute approximate surface area is 87.2 Å². The minimum atomic E-state index is -1.05. The number of allylic oxidation sites excluding steroid dienone is 4. The SMILES string of the molecule is CC(=O)C1C=C(O)C=CC1C=CC(=O)O. The van der Waals surface area contributed by atoms with Crippen LogP contribution in [0, 0.1) is 11.8 Å². The summed E-state index contributed by atoms with van der Waals surface area (Å²) in [7, 11) is 0. The zero-order valence-corrected chi connectivity index (χ0v) is 8.25. The molecule has 0 aromatic rings. The van der Waals surface area contributed by atoms with Crippen molar-refractivity contribution in [2.45, 2.75) is 6.92 Å². The van der Waals surface area contributed by atoms with Gasteiger partial charge >= 0.3 is 5.97 Å². The van der Waals surface area contributed by atoms with E-state index in [1.807, 2.05) is 0 Å². The Morgan fingerprint density at radius 3 is 2.67 bits per heavy atom. The molecule has 2 atom stereocenters. The topological polar surface area (TPSA) is 74.6 Å². The fourth-order valence-corrected chi connectivity index (χ4v) is 1.45. The Balaban J connectivity index is 2.85. The summed E-state index contributed by atoms with van der Waals surface area (Å²) in [6, 6.07) is 0. The quantitative estimate of drug-likeness (QED) is 0.688. The normalized spacial score (nSPS) is 25.3. The first-order valence-electron chi connectivity index (χ1n) is 4.51. The molecule has 0 fully saturated rings. The molecule has 0 aromatic carbocycles. The predicted octanol–water partition coefficient (Wildman–Crippen LogP) is 1.46. The van der Waals surface area contributed by atoms with Crippen LogP contribution in [-0.4, -0.2) is 22.0 Å². The Morgan fingerprint density at radius 1 is 1.47 bits per heavy atom. The second kappa shape index (κ2) is 4.59. The minimum absolute atomic E-state index is 0.0372. The van der Waals surface area contributed by atoms with Crippen molar-refractivity contribution in [3.63, 3.8) is 0 Å². The standard InChI is InChI=1S/C11H12O4/c1-7(12)10-6-9(13)4-2-8(10)3-5-11(14)15/h2-6,8,10,13H,1H3,(H,14,15). The number of carbonyl (C=O) groups is 2. The molecule has 0 bridgehead atoms. The number of carboxylic acid groups (broad SMARTS) is 1. The highest BCUT2D eigenvalue weighted by atomic mass is 16.4. The molecule has 1 aliphatic carbocycles. The Hall–Kier alpha value is -1.84. The summed E-state index contributed by atoms with van der Waals surface area (Å²) in [5, 5.41) is 17.7. The molecule has 80 valence electrons. The van der Waals surface area contributed by atoms with Crippen LogP contribution >= 0.6 is 0 Å². The van der Waals surface area contributed by atoms with E-state index >= 15 is 0 Å². The first kappa shape index (κ1) is 11.2. The number of aliphatic carboxylic acids is 1. The molecule has 0 aromatic heterocycles. The monoisotopic (exact) mass is 208 g/mol. The number of hydrogen-bond acceptors (Lipinski definition) is 3. The van der Waals surface area contributed by atoms with E-state index in [0.717, 1.165) is 6.08 Å². The van der Waals surface area contributed by atoms with E-state index in [-0.39, 0.29) is 17.5 Å². The van der Waals surface area contributed by atoms with Gasteiger partial charge in [0.15, 0.2) is 0 Å². The lowest BCUT2D eigenvalue weighted by molar-refractivity contribution is -0.131. The number of Topliss-reactive ketones (excluding diaryl/α,β-unsaturated/α-hetero) is 1. The number of hydrogen-bond donors (Lipinski definition) is 2. The van der Waals surface area contributed by atoms with Gasteiger partial charge in [-0.1, -0.05) is 12.2 Å². The van der Waals surface area contributed by atoms with Crippen molar-refractivity contribution in [3.8, 4) is 0 Å². The number of aliphatic hydroxyl groups excluding tert-OH is 1. The third-order valence-corrected chi connectivity index (χ3v) is 2.18. The van der Waals surface area contributed by atoms with Gasteiger partial charge in [-0.15, -0.1) is 0 Å². The zero-order chi connectivity index (χ0) is 11.4. The molecule has 0 aliphatic heterocycles. The average molecular weight is 208 g/mol. The van der Waals surface area contributed by atoms with Crippen molar-refractivity contribution in [1.29, 1.82) is 0 Å². The van der Waals surface area contributed by atoms with Gasteiger partial charge in [0.25, 0.3) is 0 Å². The van der Waals surface area contributed by atoms with Crippen LogP contribution in [-0.2, 0) is 9.59 Å². The van der Waals surface area contributed by atoms with Crippen molar-refractivity contribution in [1.82, 2.24) is 0 Å². The molecule has 0 spiro atoms. The highest BCUT2D eigenvalue weighted by molar-refractivity contribution is 5.83. The summed E-state index contributed by atoms with van der Waals surface area (Å²) in [5.41, 5.74) is 0. The lowest BCUT2D eigenvalue weighted by Gasteiger charge is -2.19. The lowest BCUT2D eigenvalue weighted by Crippen LogP contribution is -2.19. The minimum Gasteiger partial charge on any atom is -0.508 e. The van der Waals surface area contributed by atoms with Crippen LogP contribution in [0.4, 0.5) is 0 Å². The highest BCUT2D eigenvalue weighted by Crippen LogP contribution is 2.24. The number of carboxylic acids is 1. The first-order valence-corrected chi connectivity index (χ1v) is 4.51. The van der Waals surface area contributed by atoms with Gasteiger partial charge in [0, 0.05) is 17.9 Å². The van der Waals surface area contributed by atoms with Crippen molar-refractivity contribution in [3.05, 3.63) is 36.1 Å². The van der Waals surface area contributed by atoms with Gasteiger partial charge in [-0.2, -0.15) is 0 Å². The highest BCUT2D eigenvalue weighted by Gasteiger charge is 2.22. The van der Waals surface area contributed by atoms with E-state index < -0.39 is 11.9 Å². The largest absolute Gasteiger partial charge is 0.508 e. The maximum atomic E-state index is 11.2. The summed E-state index contributed by atoms with van der Waals surface area (Å²) < 4.78 is 0. The molecule has 1 aliphatic rings. The van der Waals surface area contributed by atoms with Gasteiger partial charge in [0.2, 0.25) is 0 Å². The Kier molecular flexibility index (Phi) is 3.44. The van der Waals surface area contributed by atoms with Crippen LogP contribution in [0.1, 0.15) is 6.92 Å². The van der Waals surface area contributed by atoms with Crippen LogP contribution in [0.5, 0.6) is 0 Å². The molecule has 4 nitrogen and oxygen atoms in total. The molecule has 0 saturated heterocycles.